The lowest BCUT2D eigenvalue weighted by Crippen LogP contribution is -2.18. The second-order valence-corrected chi connectivity index (χ2v) is 2.70. The number of hydrogen-bond acceptors (Lipinski definition) is 4. The van der Waals surface area contributed by atoms with E-state index in [0.717, 1.165) is 0 Å². The molecule has 1 N–H and O–H groups in total. The molecule has 6 nitrogen and oxygen atoms in total. The van der Waals surface area contributed by atoms with E-state index >= 15 is 0 Å². The average molecular weight is 195 g/mol. The molecule has 0 atom stereocenters. The molecule has 14 heavy (non-hydrogen) atoms. The number of carbonyl (C=O) groups is 1. The highest BCUT2D eigenvalue weighted by Gasteiger charge is 2.15. The lowest BCUT2D eigenvalue weighted by molar-refractivity contribution is -0.390. The fraction of sp³-hybridized carbons (Fsp3) is 0.250. The Bertz CT molecular complexity index is 389. The average Bonchev–Trinajstić information content (AvgIpc) is 2.15. The van der Waals surface area contributed by atoms with Gasteiger partial charge in [0.15, 0.2) is 6.20 Å². The minimum Gasteiger partial charge on any atom is -0.358 e. The zero-order chi connectivity index (χ0) is 10.7. The fourth-order valence-electron chi connectivity index (χ4n) is 1.03. The monoisotopic (exact) mass is 195 g/mol. The van der Waals surface area contributed by atoms with Gasteiger partial charge in [0, 0.05) is 12.6 Å². The molecule has 0 aliphatic carbocycles. The predicted octanol–water partition coefficient (Wildman–Crippen LogP) is 0.658. The molecule has 0 aromatic carbocycles. The molecule has 0 saturated heterocycles. The van der Waals surface area contributed by atoms with Crippen molar-refractivity contribution < 1.29 is 9.72 Å². The Kier molecular flexibility index (Phi) is 2.76. The Morgan fingerprint density at radius 3 is 2.71 bits per heavy atom. The number of amides is 1. The van der Waals surface area contributed by atoms with Gasteiger partial charge in [-0.3, -0.25) is 4.79 Å². The van der Waals surface area contributed by atoms with Crippen LogP contribution in [0.4, 0.5) is 5.82 Å². The second-order valence-electron chi connectivity index (χ2n) is 2.70. The van der Waals surface area contributed by atoms with Gasteiger partial charge in [-0.2, -0.15) is 0 Å². The molecule has 0 fully saturated rings. The number of hydrogen-bond donors (Lipinski definition) is 1. The van der Waals surface area contributed by atoms with E-state index < -0.39 is 4.92 Å². The maximum absolute atomic E-state index is 11.1. The summed E-state index contributed by atoms with van der Waals surface area (Å²) in [5.74, 6) is -0.534. The van der Waals surface area contributed by atoms with Crippen molar-refractivity contribution in [2.45, 2.75) is 6.92 Å². The first-order valence-corrected chi connectivity index (χ1v) is 3.89. The number of pyridine rings is 1. The van der Waals surface area contributed by atoms with Crippen molar-refractivity contribution in [3.8, 4) is 0 Å². The van der Waals surface area contributed by atoms with E-state index in [9.17, 15) is 14.9 Å². The van der Waals surface area contributed by atoms with Gasteiger partial charge >= 0.3 is 5.82 Å². The Hall–Kier alpha value is -1.98. The summed E-state index contributed by atoms with van der Waals surface area (Å²) in [4.78, 5) is 24.5. The van der Waals surface area contributed by atoms with E-state index in [1.165, 1.54) is 26.2 Å². The standard InChI is InChI=1S/C8H9N3O3/c1-5-3-6(8(12)9-2)4-10-7(5)11(13)14/h3-4H,1-2H3,(H,9,12). The van der Waals surface area contributed by atoms with E-state index in [1.807, 2.05) is 0 Å². The molecule has 1 aromatic rings. The summed E-state index contributed by atoms with van der Waals surface area (Å²) >= 11 is 0. The first-order valence-electron chi connectivity index (χ1n) is 3.89. The van der Waals surface area contributed by atoms with Gasteiger partial charge in [-0.05, 0) is 22.9 Å². The van der Waals surface area contributed by atoms with Crippen LogP contribution in [0.15, 0.2) is 12.3 Å². The van der Waals surface area contributed by atoms with Crippen molar-refractivity contribution in [3.63, 3.8) is 0 Å². The van der Waals surface area contributed by atoms with E-state index in [2.05, 4.69) is 10.3 Å². The number of rotatable bonds is 2. The first kappa shape index (κ1) is 10.1. The van der Waals surface area contributed by atoms with Crippen LogP contribution in [0.2, 0.25) is 0 Å². The van der Waals surface area contributed by atoms with Crippen LogP contribution in [0.3, 0.4) is 0 Å². The van der Waals surface area contributed by atoms with Gasteiger partial charge in [0.1, 0.15) is 0 Å². The highest BCUT2D eigenvalue weighted by atomic mass is 16.6. The van der Waals surface area contributed by atoms with Crippen LogP contribution in [0.1, 0.15) is 15.9 Å². The third kappa shape index (κ3) is 1.85. The maximum atomic E-state index is 11.1. The largest absolute Gasteiger partial charge is 0.366 e. The van der Waals surface area contributed by atoms with Crippen LogP contribution in [-0.4, -0.2) is 22.9 Å². The smallest absolute Gasteiger partial charge is 0.358 e. The number of nitrogens with one attached hydrogen (secondary N) is 1. The summed E-state index contributed by atoms with van der Waals surface area (Å²) < 4.78 is 0. The third-order valence-corrected chi connectivity index (χ3v) is 1.71. The molecule has 1 heterocycles. The summed E-state index contributed by atoms with van der Waals surface area (Å²) in [6.45, 7) is 1.54. The van der Waals surface area contributed by atoms with Crippen molar-refractivity contribution in [2.75, 3.05) is 7.05 Å². The minimum absolute atomic E-state index is 0.224. The highest BCUT2D eigenvalue weighted by molar-refractivity contribution is 5.93. The molecule has 6 heteroatoms. The molecule has 0 radical (unpaired) electrons. The van der Waals surface area contributed by atoms with Gasteiger partial charge in [0.05, 0.1) is 5.56 Å². The molecule has 1 rings (SSSR count). The van der Waals surface area contributed by atoms with Crippen LogP contribution >= 0.6 is 0 Å². The van der Waals surface area contributed by atoms with Gasteiger partial charge in [-0.15, -0.1) is 0 Å². The summed E-state index contributed by atoms with van der Waals surface area (Å²) in [6, 6.07) is 1.43. The number of nitro groups is 1. The summed E-state index contributed by atoms with van der Waals surface area (Å²) in [5, 5.41) is 12.8. The molecule has 0 bridgehead atoms. The topological polar surface area (TPSA) is 85.1 Å². The van der Waals surface area contributed by atoms with E-state index in [-0.39, 0.29) is 11.7 Å². The predicted molar refractivity (Wildman–Crippen MR) is 49.0 cm³/mol. The highest BCUT2D eigenvalue weighted by Crippen LogP contribution is 2.14. The molecular weight excluding hydrogens is 186 g/mol. The molecular formula is C8H9N3O3. The first-order chi connectivity index (χ1) is 6.56. The molecule has 0 saturated carbocycles. The van der Waals surface area contributed by atoms with Crippen molar-refractivity contribution >= 4 is 11.7 Å². The second kappa shape index (κ2) is 3.82. The van der Waals surface area contributed by atoms with Gasteiger partial charge in [-0.1, -0.05) is 0 Å². The molecule has 0 spiro atoms. The quantitative estimate of drug-likeness (QED) is 0.554. The maximum Gasteiger partial charge on any atom is 0.366 e. The third-order valence-electron chi connectivity index (χ3n) is 1.71. The summed E-state index contributed by atoms with van der Waals surface area (Å²) in [7, 11) is 1.49. The molecule has 74 valence electrons. The van der Waals surface area contributed by atoms with E-state index in [4.69, 9.17) is 0 Å². The molecule has 0 unspecified atom stereocenters. The van der Waals surface area contributed by atoms with Crippen LogP contribution in [-0.2, 0) is 0 Å². The zero-order valence-electron chi connectivity index (χ0n) is 7.77. The lowest BCUT2D eigenvalue weighted by Gasteiger charge is -1.99. The van der Waals surface area contributed by atoms with Crippen LogP contribution in [0.5, 0.6) is 0 Å². The number of aromatic nitrogens is 1. The van der Waals surface area contributed by atoms with Crippen LogP contribution < -0.4 is 5.32 Å². The number of aryl methyl sites for hydroxylation is 1. The van der Waals surface area contributed by atoms with Gasteiger partial charge in [0.2, 0.25) is 0 Å². The van der Waals surface area contributed by atoms with Crippen molar-refractivity contribution in [1.82, 2.24) is 10.3 Å². The van der Waals surface area contributed by atoms with Gasteiger partial charge in [0.25, 0.3) is 5.91 Å². The molecule has 0 aliphatic heterocycles. The zero-order valence-corrected chi connectivity index (χ0v) is 7.77. The van der Waals surface area contributed by atoms with Crippen LogP contribution in [0, 0.1) is 17.0 Å². The Morgan fingerprint density at radius 1 is 1.64 bits per heavy atom. The van der Waals surface area contributed by atoms with Crippen molar-refractivity contribution in [1.29, 1.82) is 0 Å². The number of nitrogens with zero attached hydrogens (tertiary/aromatic N) is 2. The fourth-order valence-corrected chi connectivity index (χ4v) is 1.03. The van der Waals surface area contributed by atoms with E-state index in [0.29, 0.717) is 11.1 Å². The normalized spacial score (nSPS) is 9.57. The van der Waals surface area contributed by atoms with Gasteiger partial charge in [-0.25, -0.2) is 0 Å². The Morgan fingerprint density at radius 2 is 2.29 bits per heavy atom. The minimum atomic E-state index is -0.580. The Balaban J connectivity index is 3.12. The summed E-state index contributed by atoms with van der Waals surface area (Å²) in [6.07, 6.45) is 1.18. The number of carbonyl (C=O) groups excluding carboxylic acids is 1. The molecule has 0 aliphatic rings. The Labute approximate surface area is 80.1 Å². The molecule has 1 amide bonds. The van der Waals surface area contributed by atoms with Crippen LogP contribution in [0.25, 0.3) is 0 Å². The van der Waals surface area contributed by atoms with Crippen molar-refractivity contribution in [2.24, 2.45) is 0 Å². The molecule has 1 aromatic heterocycles. The summed E-state index contributed by atoms with van der Waals surface area (Å²) in [5.41, 5.74) is 0.687. The van der Waals surface area contributed by atoms with Gasteiger partial charge < -0.3 is 15.4 Å². The van der Waals surface area contributed by atoms with Crippen molar-refractivity contribution in [3.05, 3.63) is 33.5 Å². The SMILES string of the molecule is CNC(=O)c1cnc([N+](=O)[O-])c(C)c1. The lowest BCUT2D eigenvalue weighted by atomic mass is 10.2. The van der Waals surface area contributed by atoms with E-state index in [1.54, 1.807) is 0 Å².